The van der Waals surface area contributed by atoms with Crippen LogP contribution < -0.4 is 5.32 Å². The van der Waals surface area contributed by atoms with Crippen molar-refractivity contribution in [1.29, 1.82) is 0 Å². The molecule has 2 aliphatic rings. The van der Waals surface area contributed by atoms with Crippen LogP contribution in [0.2, 0.25) is 0 Å². The SMILES string of the molecule is c1cc(COC2CCNCC2)ccc1COCC1CCCCC1. The van der Waals surface area contributed by atoms with Crippen molar-refractivity contribution < 1.29 is 9.47 Å². The fraction of sp³-hybridized carbons (Fsp3) is 0.700. The minimum Gasteiger partial charge on any atom is -0.376 e. The Morgan fingerprint density at radius 2 is 1.48 bits per heavy atom. The molecule has 0 spiro atoms. The van der Waals surface area contributed by atoms with E-state index in [2.05, 4.69) is 29.6 Å². The van der Waals surface area contributed by atoms with E-state index in [9.17, 15) is 0 Å². The van der Waals surface area contributed by atoms with Crippen LogP contribution >= 0.6 is 0 Å². The average molecular weight is 317 g/mol. The van der Waals surface area contributed by atoms with Gasteiger partial charge in [-0.15, -0.1) is 0 Å². The Bertz CT molecular complexity index is 433. The predicted octanol–water partition coefficient (Wildman–Crippen LogP) is 4.05. The lowest BCUT2D eigenvalue weighted by Crippen LogP contribution is -2.32. The summed E-state index contributed by atoms with van der Waals surface area (Å²) in [6.07, 6.45) is 9.59. The summed E-state index contributed by atoms with van der Waals surface area (Å²) in [6, 6.07) is 8.73. The van der Waals surface area contributed by atoms with Gasteiger partial charge in [-0.05, 0) is 55.8 Å². The number of hydrogen-bond acceptors (Lipinski definition) is 3. The molecular weight excluding hydrogens is 286 g/mol. The normalized spacial score (nSPS) is 20.7. The Kier molecular flexibility index (Phi) is 6.93. The molecule has 0 unspecified atom stereocenters. The van der Waals surface area contributed by atoms with E-state index in [1.165, 1.54) is 43.2 Å². The van der Waals surface area contributed by atoms with Crippen LogP contribution in [0.1, 0.15) is 56.1 Å². The average Bonchev–Trinajstić information content (AvgIpc) is 2.63. The van der Waals surface area contributed by atoms with Crippen LogP contribution in [0.5, 0.6) is 0 Å². The summed E-state index contributed by atoms with van der Waals surface area (Å²) in [4.78, 5) is 0. The van der Waals surface area contributed by atoms with Crippen molar-refractivity contribution in [2.45, 2.75) is 64.3 Å². The molecular formula is C20H31NO2. The van der Waals surface area contributed by atoms with Crippen LogP contribution in [-0.4, -0.2) is 25.8 Å². The minimum absolute atomic E-state index is 0.426. The van der Waals surface area contributed by atoms with Gasteiger partial charge in [-0.25, -0.2) is 0 Å². The topological polar surface area (TPSA) is 30.5 Å². The smallest absolute Gasteiger partial charge is 0.0720 e. The van der Waals surface area contributed by atoms with Gasteiger partial charge in [0, 0.05) is 6.61 Å². The van der Waals surface area contributed by atoms with Crippen LogP contribution in [-0.2, 0) is 22.7 Å². The lowest BCUT2D eigenvalue weighted by Gasteiger charge is -2.23. The van der Waals surface area contributed by atoms with Gasteiger partial charge >= 0.3 is 0 Å². The Morgan fingerprint density at radius 1 is 0.826 bits per heavy atom. The number of rotatable bonds is 7. The third kappa shape index (κ3) is 5.91. The van der Waals surface area contributed by atoms with Gasteiger partial charge in [-0.3, -0.25) is 0 Å². The fourth-order valence-corrected chi connectivity index (χ4v) is 3.61. The number of piperidine rings is 1. The Labute approximate surface area is 140 Å². The highest BCUT2D eigenvalue weighted by atomic mass is 16.5. The first kappa shape index (κ1) is 16.9. The molecule has 1 saturated heterocycles. The maximum absolute atomic E-state index is 6.00. The van der Waals surface area contributed by atoms with Gasteiger partial charge in [0.15, 0.2) is 0 Å². The molecule has 0 radical (unpaired) electrons. The second-order valence-corrected chi connectivity index (χ2v) is 7.10. The third-order valence-electron chi connectivity index (χ3n) is 5.14. The number of benzene rings is 1. The van der Waals surface area contributed by atoms with Gasteiger partial charge in [0.1, 0.15) is 0 Å². The van der Waals surface area contributed by atoms with Gasteiger partial charge in [-0.2, -0.15) is 0 Å². The zero-order valence-electron chi connectivity index (χ0n) is 14.3. The minimum atomic E-state index is 0.426. The Morgan fingerprint density at radius 3 is 2.17 bits per heavy atom. The monoisotopic (exact) mass is 317 g/mol. The van der Waals surface area contributed by atoms with Crippen molar-refractivity contribution in [3.63, 3.8) is 0 Å². The summed E-state index contributed by atoms with van der Waals surface area (Å²) >= 11 is 0. The molecule has 1 N–H and O–H groups in total. The van der Waals surface area contributed by atoms with E-state index in [0.717, 1.165) is 51.7 Å². The second-order valence-electron chi connectivity index (χ2n) is 7.10. The molecule has 3 nitrogen and oxygen atoms in total. The molecule has 1 saturated carbocycles. The van der Waals surface area contributed by atoms with E-state index >= 15 is 0 Å². The van der Waals surface area contributed by atoms with E-state index in [-0.39, 0.29) is 0 Å². The van der Waals surface area contributed by atoms with Crippen LogP contribution in [0, 0.1) is 5.92 Å². The molecule has 1 aromatic rings. The number of ether oxygens (including phenoxy) is 2. The van der Waals surface area contributed by atoms with Crippen molar-refractivity contribution in [1.82, 2.24) is 5.32 Å². The van der Waals surface area contributed by atoms with E-state index in [1.807, 2.05) is 0 Å². The van der Waals surface area contributed by atoms with Crippen molar-refractivity contribution in [2.75, 3.05) is 19.7 Å². The fourth-order valence-electron chi connectivity index (χ4n) is 3.61. The van der Waals surface area contributed by atoms with Gasteiger partial charge < -0.3 is 14.8 Å². The van der Waals surface area contributed by atoms with Crippen LogP contribution in [0.3, 0.4) is 0 Å². The standard InChI is InChI=1S/C20H31NO2/c1-2-4-17(5-3-1)14-22-15-18-6-8-19(9-7-18)16-23-20-10-12-21-13-11-20/h6-9,17,20-21H,1-5,10-16H2. The molecule has 0 aromatic heterocycles. The molecule has 3 rings (SSSR count). The zero-order valence-corrected chi connectivity index (χ0v) is 14.3. The van der Waals surface area contributed by atoms with E-state index in [0.29, 0.717) is 6.10 Å². The maximum atomic E-state index is 6.00. The molecule has 0 bridgehead atoms. The second kappa shape index (κ2) is 9.41. The van der Waals surface area contributed by atoms with Crippen molar-refractivity contribution >= 4 is 0 Å². The molecule has 23 heavy (non-hydrogen) atoms. The van der Waals surface area contributed by atoms with Crippen molar-refractivity contribution in [2.24, 2.45) is 5.92 Å². The van der Waals surface area contributed by atoms with E-state index in [4.69, 9.17) is 9.47 Å². The third-order valence-corrected chi connectivity index (χ3v) is 5.14. The first-order valence-corrected chi connectivity index (χ1v) is 9.38. The Hall–Kier alpha value is -0.900. The predicted molar refractivity (Wildman–Crippen MR) is 93.4 cm³/mol. The summed E-state index contributed by atoms with van der Waals surface area (Å²) < 4.78 is 11.9. The summed E-state index contributed by atoms with van der Waals surface area (Å²) in [5.74, 6) is 0.793. The summed E-state index contributed by atoms with van der Waals surface area (Å²) in [7, 11) is 0. The lowest BCUT2D eigenvalue weighted by molar-refractivity contribution is 0.0212. The molecule has 0 atom stereocenters. The van der Waals surface area contributed by atoms with E-state index in [1.54, 1.807) is 0 Å². The summed E-state index contributed by atoms with van der Waals surface area (Å²) in [6.45, 7) is 4.57. The maximum Gasteiger partial charge on any atom is 0.0720 e. The molecule has 1 aromatic carbocycles. The first-order chi connectivity index (χ1) is 11.4. The first-order valence-electron chi connectivity index (χ1n) is 9.38. The molecule has 1 aliphatic carbocycles. The molecule has 1 heterocycles. The van der Waals surface area contributed by atoms with Crippen LogP contribution in [0.25, 0.3) is 0 Å². The van der Waals surface area contributed by atoms with E-state index < -0.39 is 0 Å². The molecule has 3 heteroatoms. The van der Waals surface area contributed by atoms with Gasteiger partial charge in [0.2, 0.25) is 0 Å². The lowest BCUT2D eigenvalue weighted by atomic mass is 9.90. The zero-order chi connectivity index (χ0) is 15.7. The van der Waals surface area contributed by atoms with Crippen LogP contribution in [0.4, 0.5) is 0 Å². The highest BCUT2D eigenvalue weighted by Crippen LogP contribution is 2.24. The highest BCUT2D eigenvalue weighted by molar-refractivity contribution is 5.21. The molecule has 0 amide bonds. The largest absolute Gasteiger partial charge is 0.376 e. The van der Waals surface area contributed by atoms with Gasteiger partial charge in [-0.1, -0.05) is 43.5 Å². The van der Waals surface area contributed by atoms with Crippen LogP contribution in [0.15, 0.2) is 24.3 Å². The highest BCUT2D eigenvalue weighted by Gasteiger charge is 2.14. The Balaban J connectivity index is 1.34. The molecule has 1 aliphatic heterocycles. The number of nitrogens with one attached hydrogen (secondary N) is 1. The van der Waals surface area contributed by atoms with Gasteiger partial charge in [0.25, 0.3) is 0 Å². The van der Waals surface area contributed by atoms with Gasteiger partial charge in [0.05, 0.1) is 19.3 Å². The summed E-state index contributed by atoms with van der Waals surface area (Å²) in [5.41, 5.74) is 2.53. The number of hydrogen-bond donors (Lipinski definition) is 1. The van der Waals surface area contributed by atoms with Crippen molar-refractivity contribution in [3.05, 3.63) is 35.4 Å². The summed E-state index contributed by atoms with van der Waals surface area (Å²) in [5, 5.41) is 3.37. The quantitative estimate of drug-likeness (QED) is 0.823. The molecule has 2 fully saturated rings. The van der Waals surface area contributed by atoms with Crippen molar-refractivity contribution in [3.8, 4) is 0 Å². The molecule has 128 valence electrons.